The Labute approximate surface area is 127 Å². The van der Waals surface area contributed by atoms with Crippen LogP contribution in [0.15, 0.2) is 15.9 Å². The summed E-state index contributed by atoms with van der Waals surface area (Å²) in [5.74, 6) is 1.09. The van der Waals surface area contributed by atoms with E-state index in [9.17, 15) is 8.42 Å². The Morgan fingerprint density at radius 1 is 1.53 bits per heavy atom. The largest absolute Gasteiger partial charge is 0.314 e. The summed E-state index contributed by atoms with van der Waals surface area (Å²) in [6.07, 6.45) is 2.78. The van der Waals surface area contributed by atoms with Gasteiger partial charge in [0.15, 0.2) is 9.84 Å². The van der Waals surface area contributed by atoms with E-state index in [1.807, 2.05) is 0 Å². The number of hydrogen-bond acceptors (Lipinski definition) is 4. The van der Waals surface area contributed by atoms with Gasteiger partial charge in [-0.3, -0.25) is 0 Å². The second-order valence-corrected chi connectivity index (χ2v) is 9.95. The van der Waals surface area contributed by atoms with E-state index < -0.39 is 9.84 Å². The fourth-order valence-electron chi connectivity index (χ4n) is 2.69. The zero-order valence-electron chi connectivity index (χ0n) is 11.1. The molecule has 3 nitrogen and oxygen atoms in total. The lowest BCUT2D eigenvalue weighted by molar-refractivity contribution is 0.411. The van der Waals surface area contributed by atoms with Gasteiger partial charge in [-0.2, -0.15) is 0 Å². The lowest BCUT2D eigenvalue weighted by Gasteiger charge is -2.20. The number of likely N-dealkylation sites (N-methyl/N-ethyl adjacent to an activating group) is 1. The van der Waals surface area contributed by atoms with Gasteiger partial charge in [-0.1, -0.05) is 6.92 Å². The summed E-state index contributed by atoms with van der Waals surface area (Å²) >= 11 is 5.24. The minimum Gasteiger partial charge on any atom is -0.314 e. The molecule has 108 valence electrons. The molecule has 0 amide bonds. The highest BCUT2D eigenvalue weighted by atomic mass is 79.9. The number of thiophene rings is 1. The third kappa shape index (κ3) is 4.85. The van der Waals surface area contributed by atoms with E-state index in [-0.39, 0.29) is 0 Å². The van der Waals surface area contributed by atoms with Gasteiger partial charge in [0.2, 0.25) is 0 Å². The average molecular weight is 366 g/mol. The van der Waals surface area contributed by atoms with Crippen LogP contribution in [0.1, 0.15) is 24.6 Å². The highest BCUT2D eigenvalue weighted by molar-refractivity contribution is 9.11. The molecular formula is C13H20BrNO2S2. The normalized spacial score (nSPS) is 23.6. The first kappa shape index (κ1) is 15.5. The summed E-state index contributed by atoms with van der Waals surface area (Å²) in [5, 5.41) is 3.49. The standard InChI is InChI=1S/C13H20BrNO2S2/c1-2-15-11(8-12-3-4-13(14)18-12)7-10-5-6-19(16,17)9-10/h3-4,10-11,15H,2,5-9H2,1H3. The fourth-order valence-corrected chi connectivity index (χ4v) is 6.14. The number of hydrogen-bond donors (Lipinski definition) is 1. The smallest absolute Gasteiger partial charge is 0.150 e. The van der Waals surface area contributed by atoms with Crippen LogP contribution in [0.4, 0.5) is 0 Å². The first-order valence-corrected chi connectivity index (χ1v) is 10.1. The van der Waals surface area contributed by atoms with Crippen LogP contribution in [-0.4, -0.2) is 32.5 Å². The molecule has 2 unspecified atom stereocenters. The van der Waals surface area contributed by atoms with Crippen LogP contribution >= 0.6 is 27.3 Å². The maximum Gasteiger partial charge on any atom is 0.150 e. The minimum atomic E-state index is -2.76. The van der Waals surface area contributed by atoms with E-state index in [0.717, 1.165) is 29.6 Å². The van der Waals surface area contributed by atoms with Crippen LogP contribution in [0.2, 0.25) is 0 Å². The Morgan fingerprint density at radius 3 is 2.84 bits per heavy atom. The zero-order valence-corrected chi connectivity index (χ0v) is 14.3. The highest BCUT2D eigenvalue weighted by Crippen LogP contribution is 2.27. The Hall–Kier alpha value is 0.0900. The van der Waals surface area contributed by atoms with Crippen molar-refractivity contribution in [3.8, 4) is 0 Å². The highest BCUT2D eigenvalue weighted by Gasteiger charge is 2.29. The molecule has 1 saturated heterocycles. The van der Waals surface area contributed by atoms with Crippen molar-refractivity contribution in [3.05, 3.63) is 20.8 Å². The van der Waals surface area contributed by atoms with Gasteiger partial charge in [0, 0.05) is 10.9 Å². The van der Waals surface area contributed by atoms with Crippen molar-refractivity contribution < 1.29 is 8.42 Å². The minimum absolute atomic E-state index is 0.331. The molecule has 1 aromatic heterocycles. The first-order chi connectivity index (χ1) is 8.98. The van der Waals surface area contributed by atoms with Gasteiger partial charge < -0.3 is 5.32 Å². The van der Waals surface area contributed by atoms with Crippen LogP contribution in [-0.2, 0) is 16.3 Å². The molecule has 2 atom stereocenters. The van der Waals surface area contributed by atoms with Crippen LogP contribution in [0.5, 0.6) is 0 Å². The summed E-state index contributed by atoms with van der Waals surface area (Å²) < 4.78 is 24.2. The third-order valence-corrected chi connectivity index (χ3v) is 7.00. The van der Waals surface area contributed by atoms with Crippen molar-refractivity contribution in [2.45, 2.75) is 32.2 Å². The molecule has 0 aromatic carbocycles. The van der Waals surface area contributed by atoms with E-state index in [1.54, 1.807) is 11.3 Å². The maximum absolute atomic E-state index is 11.5. The predicted molar refractivity (Wildman–Crippen MR) is 84.6 cm³/mol. The summed E-state index contributed by atoms with van der Waals surface area (Å²) in [5.41, 5.74) is 0. The molecule has 19 heavy (non-hydrogen) atoms. The monoisotopic (exact) mass is 365 g/mol. The molecular weight excluding hydrogens is 346 g/mol. The summed E-state index contributed by atoms with van der Waals surface area (Å²) in [6.45, 7) is 3.03. The Kier molecular flexibility index (Phi) is 5.45. The molecule has 1 aromatic rings. The van der Waals surface area contributed by atoms with Gasteiger partial charge in [-0.25, -0.2) is 8.42 Å². The predicted octanol–water partition coefficient (Wildman–Crippen LogP) is 2.86. The van der Waals surface area contributed by atoms with E-state index in [2.05, 4.69) is 40.3 Å². The van der Waals surface area contributed by atoms with Crippen LogP contribution in [0, 0.1) is 5.92 Å². The molecule has 0 spiro atoms. The van der Waals surface area contributed by atoms with Crippen LogP contribution < -0.4 is 5.32 Å². The summed E-state index contributed by atoms with van der Waals surface area (Å²) in [4.78, 5) is 1.35. The molecule has 1 aliphatic heterocycles. The second-order valence-electron chi connectivity index (χ2n) is 5.17. The Bertz CT molecular complexity index is 512. The Balaban J connectivity index is 1.93. The molecule has 0 aliphatic carbocycles. The van der Waals surface area contributed by atoms with Gasteiger partial charge >= 0.3 is 0 Å². The molecule has 0 bridgehead atoms. The van der Waals surface area contributed by atoms with Crippen molar-refractivity contribution in [2.24, 2.45) is 5.92 Å². The van der Waals surface area contributed by atoms with Gasteiger partial charge in [-0.15, -0.1) is 11.3 Å². The topological polar surface area (TPSA) is 46.2 Å². The average Bonchev–Trinajstić information content (AvgIpc) is 2.85. The van der Waals surface area contributed by atoms with Crippen molar-refractivity contribution in [1.82, 2.24) is 5.32 Å². The number of sulfone groups is 1. The van der Waals surface area contributed by atoms with E-state index in [1.165, 1.54) is 4.88 Å². The van der Waals surface area contributed by atoms with Crippen LogP contribution in [0.3, 0.4) is 0 Å². The van der Waals surface area contributed by atoms with Crippen molar-refractivity contribution in [2.75, 3.05) is 18.1 Å². The summed E-state index contributed by atoms with van der Waals surface area (Å²) in [7, 11) is -2.76. The maximum atomic E-state index is 11.5. The van der Waals surface area contributed by atoms with Gasteiger partial charge in [0.25, 0.3) is 0 Å². The van der Waals surface area contributed by atoms with Gasteiger partial charge in [0.1, 0.15) is 0 Å². The molecule has 6 heteroatoms. The Morgan fingerprint density at radius 2 is 2.32 bits per heavy atom. The van der Waals surface area contributed by atoms with Crippen LogP contribution in [0.25, 0.3) is 0 Å². The molecule has 1 aliphatic rings. The molecule has 1 N–H and O–H groups in total. The lowest BCUT2D eigenvalue weighted by atomic mass is 9.97. The van der Waals surface area contributed by atoms with E-state index in [0.29, 0.717) is 23.5 Å². The van der Waals surface area contributed by atoms with E-state index >= 15 is 0 Å². The molecule has 1 fully saturated rings. The SMILES string of the molecule is CCNC(Cc1ccc(Br)s1)CC1CCS(=O)(=O)C1. The lowest BCUT2D eigenvalue weighted by Crippen LogP contribution is -2.33. The molecule has 2 rings (SSSR count). The summed E-state index contributed by atoms with van der Waals surface area (Å²) in [6, 6.07) is 4.60. The molecule has 0 radical (unpaired) electrons. The van der Waals surface area contributed by atoms with Crippen molar-refractivity contribution in [1.29, 1.82) is 0 Å². The third-order valence-electron chi connectivity index (χ3n) is 3.51. The van der Waals surface area contributed by atoms with Gasteiger partial charge in [-0.05, 0) is 59.8 Å². The van der Waals surface area contributed by atoms with Crippen molar-refractivity contribution in [3.63, 3.8) is 0 Å². The van der Waals surface area contributed by atoms with Gasteiger partial charge in [0.05, 0.1) is 15.3 Å². The molecule has 0 saturated carbocycles. The van der Waals surface area contributed by atoms with E-state index in [4.69, 9.17) is 0 Å². The zero-order chi connectivity index (χ0) is 13.9. The molecule has 2 heterocycles. The van der Waals surface area contributed by atoms with Crippen molar-refractivity contribution >= 4 is 37.1 Å². The number of nitrogens with one attached hydrogen (secondary N) is 1. The quantitative estimate of drug-likeness (QED) is 0.842. The number of rotatable bonds is 6. The number of halogens is 1. The first-order valence-electron chi connectivity index (χ1n) is 6.66. The second kappa shape index (κ2) is 6.70. The fraction of sp³-hybridized carbons (Fsp3) is 0.692.